The van der Waals surface area contributed by atoms with Crippen LogP contribution in [0.4, 0.5) is 0 Å². The van der Waals surface area contributed by atoms with Gasteiger partial charge in [-0.15, -0.1) is 0 Å². The SMILES string of the molecule is Cc1cc(-c2nn(C)c(=O)c3ccccc23)cc(C)c1OCC(=O)NNC(=O)c1ccc(Cl)cc1Cl. The summed E-state index contributed by atoms with van der Waals surface area (Å²) >= 11 is 11.9. The Labute approximate surface area is 216 Å². The number of carbonyl (C=O) groups is 2. The first kappa shape index (κ1) is 25.2. The number of carbonyl (C=O) groups excluding carboxylic acids is 2. The van der Waals surface area contributed by atoms with Gasteiger partial charge in [-0.2, -0.15) is 5.10 Å². The van der Waals surface area contributed by atoms with E-state index in [0.29, 0.717) is 21.9 Å². The van der Waals surface area contributed by atoms with Crippen LogP contribution in [0.25, 0.3) is 22.0 Å². The number of hydrogen-bond donors (Lipinski definition) is 2. The van der Waals surface area contributed by atoms with Gasteiger partial charge in [0.05, 0.1) is 21.7 Å². The highest BCUT2D eigenvalue weighted by atomic mass is 35.5. The van der Waals surface area contributed by atoms with Crippen molar-refractivity contribution in [3.8, 4) is 17.0 Å². The van der Waals surface area contributed by atoms with Crippen molar-refractivity contribution < 1.29 is 14.3 Å². The highest BCUT2D eigenvalue weighted by Gasteiger charge is 2.16. The topological polar surface area (TPSA) is 102 Å². The zero-order valence-electron chi connectivity index (χ0n) is 19.7. The average Bonchev–Trinajstić information content (AvgIpc) is 2.84. The molecule has 0 aliphatic heterocycles. The Bertz CT molecular complexity index is 1540. The zero-order valence-corrected chi connectivity index (χ0v) is 21.2. The summed E-state index contributed by atoms with van der Waals surface area (Å²) in [5.74, 6) is -0.601. The number of hydrogen-bond acceptors (Lipinski definition) is 5. The summed E-state index contributed by atoms with van der Waals surface area (Å²) < 4.78 is 7.07. The summed E-state index contributed by atoms with van der Waals surface area (Å²) in [5, 5.41) is 6.37. The molecule has 0 unspecified atom stereocenters. The minimum Gasteiger partial charge on any atom is -0.483 e. The van der Waals surface area contributed by atoms with E-state index in [1.807, 2.05) is 44.2 Å². The van der Waals surface area contributed by atoms with Crippen molar-refractivity contribution in [2.24, 2.45) is 7.05 Å². The molecular formula is C26H22Cl2N4O4. The number of hydrazine groups is 1. The summed E-state index contributed by atoms with van der Waals surface area (Å²) in [6.07, 6.45) is 0. The molecule has 4 aromatic rings. The van der Waals surface area contributed by atoms with E-state index in [9.17, 15) is 14.4 Å². The fraction of sp³-hybridized carbons (Fsp3) is 0.154. The van der Waals surface area contributed by atoms with Crippen LogP contribution in [0.5, 0.6) is 5.75 Å². The van der Waals surface area contributed by atoms with E-state index in [1.54, 1.807) is 13.1 Å². The van der Waals surface area contributed by atoms with E-state index in [-0.39, 0.29) is 22.8 Å². The molecule has 8 nitrogen and oxygen atoms in total. The van der Waals surface area contributed by atoms with Gasteiger partial charge in [0.1, 0.15) is 5.75 Å². The van der Waals surface area contributed by atoms with Crippen molar-refractivity contribution in [2.45, 2.75) is 13.8 Å². The number of nitrogens with zero attached hydrogens (tertiary/aromatic N) is 2. The number of aromatic nitrogens is 2. The Hall–Kier alpha value is -3.88. The van der Waals surface area contributed by atoms with Crippen molar-refractivity contribution in [3.05, 3.63) is 91.7 Å². The van der Waals surface area contributed by atoms with Gasteiger partial charge in [0.2, 0.25) is 0 Å². The van der Waals surface area contributed by atoms with E-state index in [2.05, 4.69) is 16.0 Å². The largest absolute Gasteiger partial charge is 0.483 e. The van der Waals surface area contributed by atoms with Crippen LogP contribution in [-0.2, 0) is 11.8 Å². The number of halogens is 2. The third kappa shape index (κ3) is 5.19. The molecule has 0 fully saturated rings. The van der Waals surface area contributed by atoms with Crippen LogP contribution in [0.2, 0.25) is 10.0 Å². The smallest absolute Gasteiger partial charge is 0.276 e. The lowest BCUT2D eigenvalue weighted by atomic mass is 10.00. The summed E-state index contributed by atoms with van der Waals surface area (Å²) in [6.45, 7) is 3.40. The minimum absolute atomic E-state index is 0.164. The number of aryl methyl sites for hydroxylation is 3. The van der Waals surface area contributed by atoms with Gasteiger partial charge in [-0.05, 0) is 61.4 Å². The third-order valence-corrected chi connectivity index (χ3v) is 6.08. The lowest BCUT2D eigenvalue weighted by Gasteiger charge is -2.15. The van der Waals surface area contributed by atoms with Crippen molar-refractivity contribution in [1.82, 2.24) is 20.6 Å². The Kier molecular flexibility index (Phi) is 7.28. The predicted octanol–water partition coefficient (Wildman–Crippen LogP) is 4.36. The van der Waals surface area contributed by atoms with E-state index >= 15 is 0 Å². The molecular weight excluding hydrogens is 503 g/mol. The number of ether oxygens (including phenoxy) is 1. The Morgan fingerprint density at radius 1 is 0.972 bits per heavy atom. The highest BCUT2D eigenvalue weighted by molar-refractivity contribution is 6.36. The fourth-order valence-electron chi connectivity index (χ4n) is 3.87. The Morgan fingerprint density at radius 3 is 2.31 bits per heavy atom. The lowest BCUT2D eigenvalue weighted by Crippen LogP contribution is -2.44. The normalized spacial score (nSPS) is 10.8. The molecule has 0 saturated carbocycles. The molecule has 0 radical (unpaired) electrons. The van der Waals surface area contributed by atoms with Gasteiger partial charge in [0.25, 0.3) is 17.4 Å². The molecule has 2 amide bonds. The molecule has 0 aliphatic carbocycles. The van der Waals surface area contributed by atoms with Gasteiger partial charge >= 0.3 is 0 Å². The molecule has 0 atom stereocenters. The number of fused-ring (bicyclic) bond motifs is 1. The first-order valence-electron chi connectivity index (χ1n) is 10.9. The van der Waals surface area contributed by atoms with Crippen LogP contribution >= 0.6 is 23.2 Å². The van der Waals surface area contributed by atoms with E-state index in [4.69, 9.17) is 27.9 Å². The molecule has 0 spiro atoms. The number of nitrogens with one attached hydrogen (secondary N) is 2. The van der Waals surface area contributed by atoms with Crippen molar-refractivity contribution >= 4 is 45.8 Å². The number of rotatable bonds is 5. The van der Waals surface area contributed by atoms with Crippen molar-refractivity contribution in [3.63, 3.8) is 0 Å². The quantitative estimate of drug-likeness (QED) is 0.377. The molecule has 0 bridgehead atoms. The maximum absolute atomic E-state index is 12.5. The van der Waals surface area contributed by atoms with Crippen LogP contribution in [0, 0.1) is 13.8 Å². The van der Waals surface area contributed by atoms with E-state index < -0.39 is 11.8 Å². The summed E-state index contributed by atoms with van der Waals surface area (Å²) in [7, 11) is 1.62. The molecule has 1 aromatic heterocycles. The standard InChI is InChI=1S/C26H22Cl2N4O4/c1-14-10-16(23-18-6-4-5-7-19(18)26(35)32(3)31-23)11-15(2)24(14)36-13-22(33)29-30-25(34)20-9-8-17(27)12-21(20)28/h4-12H,13H2,1-3H3,(H,29,33)(H,30,34). The van der Waals surface area contributed by atoms with E-state index in [0.717, 1.165) is 22.1 Å². The minimum atomic E-state index is -0.585. The fourth-order valence-corrected chi connectivity index (χ4v) is 4.36. The number of amides is 2. The van der Waals surface area contributed by atoms with Crippen LogP contribution in [0.15, 0.2) is 59.4 Å². The first-order valence-corrected chi connectivity index (χ1v) is 11.7. The Morgan fingerprint density at radius 2 is 1.64 bits per heavy atom. The molecule has 4 rings (SSSR count). The molecule has 0 aliphatic rings. The molecule has 0 saturated heterocycles. The van der Waals surface area contributed by atoms with Gasteiger partial charge < -0.3 is 4.74 Å². The van der Waals surface area contributed by atoms with Gasteiger partial charge in [0.15, 0.2) is 6.61 Å². The highest BCUT2D eigenvalue weighted by Crippen LogP contribution is 2.32. The second-order valence-corrected chi connectivity index (χ2v) is 9.02. The molecule has 3 aromatic carbocycles. The van der Waals surface area contributed by atoms with Crippen molar-refractivity contribution in [2.75, 3.05) is 6.61 Å². The summed E-state index contributed by atoms with van der Waals surface area (Å²) in [6, 6.07) is 15.5. The molecule has 2 N–H and O–H groups in total. The second kappa shape index (κ2) is 10.4. The van der Waals surface area contributed by atoms with Crippen molar-refractivity contribution in [1.29, 1.82) is 0 Å². The van der Waals surface area contributed by atoms with Crippen LogP contribution in [0.3, 0.4) is 0 Å². The molecule has 1 heterocycles. The van der Waals surface area contributed by atoms with Gasteiger partial charge in [0, 0.05) is 23.0 Å². The maximum Gasteiger partial charge on any atom is 0.276 e. The molecule has 184 valence electrons. The zero-order chi connectivity index (χ0) is 26.0. The Balaban J connectivity index is 1.47. The maximum atomic E-state index is 12.5. The van der Waals surface area contributed by atoms with Gasteiger partial charge in [-0.1, -0.05) is 41.4 Å². The average molecular weight is 525 g/mol. The third-order valence-electron chi connectivity index (χ3n) is 5.53. The molecule has 10 heteroatoms. The van der Waals surface area contributed by atoms with Crippen LogP contribution in [0.1, 0.15) is 21.5 Å². The predicted molar refractivity (Wildman–Crippen MR) is 139 cm³/mol. The van der Waals surface area contributed by atoms with E-state index in [1.165, 1.54) is 22.9 Å². The lowest BCUT2D eigenvalue weighted by molar-refractivity contribution is -0.123. The molecule has 36 heavy (non-hydrogen) atoms. The number of benzene rings is 3. The summed E-state index contributed by atoms with van der Waals surface area (Å²) in [4.78, 5) is 37.0. The second-order valence-electron chi connectivity index (χ2n) is 8.18. The van der Waals surface area contributed by atoms with Crippen LogP contribution in [-0.4, -0.2) is 28.2 Å². The van der Waals surface area contributed by atoms with Gasteiger partial charge in [-0.25, -0.2) is 4.68 Å². The first-order chi connectivity index (χ1) is 17.2. The van der Waals surface area contributed by atoms with Crippen LogP contribution < -0.4 is 21.1 Å². The summed E-state index contributed by atoms with van der Waals surface area (Å²) in [5.41, 5.74) is 7.67. The monoisotopic (exact) mass is 524 g/mol. The van der Waals surface area contributed by atoms with Gasteiger partial charge in [-0.3, -0.25) is 25.2 Å².